The molecule has 0 radical (unpaired) electrons. The van der Waals surface area contributed by atoms with Gasteiger partial charge < -0.3 is 20.4 Å². The fraction of sp³-hybridized carbons (Fsp3) is 0.897. The molecule has 0 aromatic carbocycles. The van der Waals surface area contributed by atoms with Crippen molar-refractivity contribution in [2.24, 2.45) is 5.73 Å². The number of aromatic nitrogens is 2. The van der Waals surface area contributed by atoms with Crippen LogP contribution in [-0.2, 0) is 16.0 Å². The molecule has 0 bridgehead atoms. The van der Waals surface area contributed by atoms with Crippen LogP contribution < -0.4 is 5.73 Å². The highest BCUT2D eigenvalue weighted by Gasteiger charge is 2.14. The number of aromatic amines is 1. The number of nitrogens with two attached hydrogens (primary N) is 1. The monoisotopic (exact) mass is 633 g/mol. The van der Waals surface area contributed by atoms with Gasteiger partial charge in [0.1, 0.15) is 5.78 Å². The van der Waals surface area contributed by atoms with Crippen LogP contribution in [0.25, 0.3) is 0 Å². The predicted octanol–water partition coefficient (Wildman–Crippen LogP) is 10.3. The minimum Gasteiger partial charge on any atom is -0.380 e. The molecule has 0 aliphatic carbocycles. The molecule has 6 heteroatoms. The van der Waals surface area contributed by atoms with Crippen molar-refractivity contribution in [3.63, 3.8) is 0 Å². The van der Waals surface area contributed by atoms with E-state index in [9.17, 15) is 4.79 Å². The molecule has 0 saturated carbocycles. The van der Waals surface area contributed by atoms with E-state index in [-0.39, 0.29) is 5.78 Å². The summed E-state index contributed by atoms with van der Waals surface area (Å²) in [5, 5.41) is 0. The summed E-state index contributed by atoms with van der Waals surface area (Å²) < 4.78 is 5.98. The molecule has 3 N–H and O–H groups in total. The maximum Gasteiger partial charge on any atom is 0.150 e. The zero-order chi connectivity index (χ0) is 32.5. The van der Waals surface area contributed by atoms with Crippen molar-refractivity contribution in [1.29, 1.82) is 0 Å². The van der Waals surface area contributed by atoms with E-state index in [0.717, 1.165) is 25.3 Å². The van der Waals surface area contributed by atoms with Crippen LogP contribution in [0.1, 0.15) is 186 Å². The third kappa shape index (κ3) is 27.6. The molecule has 45 heavy (non-hydrogen) atoms. The minimum absolute atomic E-state index is 0.105. The zero-order valence-corrected chi connectivity index (χ0v) is 30.1. The highest BCUT2D eigenvalue weighted by Crippen LogP contribution is 2.14. The molecule has 264 valence electrons. The lowest BCUT2D eigenvalue weighted by molar-refractivity contribution is -0.120. The van der Waals surface area contributed by atoms with Gasteiger partial charge in [-0.25, -0.2) is 4.98 Å². The summed E-state index contributed by atoms with van der Waals surface area (Å²) in [4.78, 5) is 22.0. The van der Waals surface area contributed by atoms with Crippen molar-refractivity contribution in [1.82, 2.24) is 14.9 Å². The molecule has 1 aromatic heterocycles. The highest BCUT2D eigenvalue weighted by molar-refractivity contribution is 5.83. The number of nitrogens with one attached hydrogen (secondary N) is 1. The van der Waals surface area contributed by atoms with E-state index in [1.54, 1.807) is 12.5 Å². The van der Waals surface area contributed by atoms with Crippen molar-refractivity contribution in [2.45, 2.75) is 193 Å². The lowest BCUT2D eigenvalue weighted by atomic mass is 10.0. The van der Waals surface area contributed by atoms with Crippen LogP contribution >= 0.6 is 0 Å². The van der Waals surface area contributed by atoms with Crippen molar-refractivity contribution in [3.8, 4) is 0 Å². The standard InChI is InChI=1S/C39H76N4O2/c1-3-5-7-9-11-13-15-17-19-21-23-25-29-43(30-26-24-22-20-18-16-14-12-10-8-6-4-2)31-33-45-32-27-28-39(44)38(40)34-37-35-41-36-42-37/h35-36,38H,3-34,40H2,1-2H3,(H,41,42). The van der Waals surface area contributed by atoms with Gasteiger partial charge in [0.25, 0.3) is 0 Å². The third-order valence-corrected chi connectivity index (χ3v) is 9.33. The van der Waals surface area contributed by atoms with E-state index in [1.165, 1.54) is 167 Å². The van der Waals surface area contributed by atoms with E-state index in [1.807, 2.05) is 0 Å². The summed E-state index contributed by atoms with van der Waals surface area (Å²) in [6.45, 7) is 9.37. The van der Waals surface area contributed by atoms with E-state index < -0.39 is 6.04 Å². The summed E-state index contributed by atoms with van der Waals surface area (Å²) in [5.74, 6) is 0.105. The molecule has 0 amide bonds. The molecule has 0 fully saturated rings. The Morgan fingerprint density at radius 3 is 1.53 bits per heavy atom. The Kier molecular flexibility index (Phi) is 30.4. The van der Waals surface area contributed by atoms with Gasteiger partial charge in [-0.3, -0.25) is 4.79 Å². The first-order chi connectivity index (χ1) is 22.2. The zero-order valence-electron chi connectivity index (χ0n) is 30.1. The number of Topliss-reactive ketones (excluding diaryl/α,β-unsaturated/α-hetero) is 1. The third-order valence-electron chi connectivity index (χ3n) is 9.33. The van der Waals surface area contributed by atoms with Crippen LogP contribution in [0.5, 0.6) is 0 Å². The van der Waals surface area contributed by atoms with E-state index in [2.05, 4.69) is 28.7 Å². The number of carbonyl (C=O) groups is 1. The fourth-order valence-corrected chi connectivity index (χ4v) is 6.26. The van der Waals surface area contributed by atoms with E-state index >= 15 is 0 Å². The van der Waals surface area contributed by atoms with Crippen LogP contribution in [0.2, 0.25) is 0 Å². The molecule has 0 saturated heterocycles. The van der Waals surface area contributed by atoms with Gasteiger partial charge >= 0.3 is 0 Å². The molecular weight excluding hydrogens is 556 g/mol. The maximum absolute atomic E-state index is 12.4. The number of imidazole rings is 1. The smallest absolute Gasteiger partial charge is 0.150 e. The number of rotatable bonds is 36. The van der Waals surface area contributed by atoms with Gasteiger partial charge in [-0.2, -0.15) is 0 Å². The van der Waals surface area contributed by atoms with Crippen LogP contribution in [-0.4, -0.2) is 59.5 Å². The van der Waals surface area contributed by atoms with Crippen molar-refractivity contribution >= 4 is 5.78 Å². The molecular formula is C39H76N4O2. The number of carbonyl (C=O) groups excluding carboxylic acids is 1. The molecule has 6 nitrogen and oxygen atoms in total. The summed E-state index contributed by atoms with van der Waals surface area (Å²) in [5.41, 5.74) is 6.99. The van der Waals surface area contributed by atoms with Crippen LogP contribution in [0.15, 0.2) is 12.5 Å². The first kappa shape index (κ1) is 41.8. The summed E-state index contributed by atoms with van der Waals surface area (Å²) >= 11 is 0. The highest BCUT2D eigenvalue weighted by atomic mass is 16.5. The largest absolute Gasteiger partial charge is 0.380 e. The quantitative estimate of drug-likeness (QED) is 0.0719. The van der Waals surface area contributed by atoms with Gasteiger partial charge in [0.2, 0.25) is 0 Å². The van der Waals surface area contributed by atoms with E-state index in [4.69, 9.17) is 10.5 Å². The maximum atomic E-state index is 12.4. The number of nitrogens with zero attached hydrogens (tertiary/aromatic N) is 2. The molecule has 0 spiro atoms. The van der Waals surface area contributed by atoms with Gasteiger partial charge in [-0.05, 0) is 32.4 Å². The minimum atomic E-state index is -0.466. The fourth-order valence-electron chi connectivity index (χ4n) is 6.26. The molecule has 1 rings (SSSR count). The average Bonchev–Trinajstić information content (AvgIpc) is 3.56. The lowest BCUT2D eigenvalue weighted by Gasteiger charge is -2.22. The van der Waals surface area contributed by atoms with Crippen LogP contribution in [0, 0.1) is 0 Å². The second-order valence-electron chi connectivity index (χ2n) is 13.7. The second-order valence-corrected chi connectivity index (χ2v) is 13.7. The Bertz CT molecular complexity index is 699. The van der Waals surface area contributed by atoms with Crippen molar-refractivity contribution in [2.75, 3.05) is 32.8 Å². The molecule has 1 atom stereocenters. The number of unbranched alkanes of at least 4 members (excludes halogenated alkanes) is 22. The van der Waals surface area contributed by atoms with Gasteiger partial charge in [-0.1, -0.05) is 155 Å². The Balaban J connectivity index is 2.16. The summed E-state index contributed by atoms with van der Waals surface area (Å²) in [6, 6.07) is -0.466. The first-order valence-corrected chi connectivity index (χ1v) is 19.7. The molecule has 0 aliphatic heterocycles. The predicted molar refractivity (Wildman–Crippen MR) is 194 cm³/mol. The van der Waals surface area contributed by atoms with Gasteiger partial charge in [-0.15, -0.1) is 0 Å². The average molecular weight is 633 g/mol. The number of ether oxygens (including phenoxy) is 1. The number of hydrogen-bond acceptors (Lipinski definition) is 5. The number of H-pyrrole nitrogens is 1. The SMILES string of the molecule is CCCCCCCCCCCCCCN(CCCCCCCCCCCCCC)CCOCCCC(=O)C(N)Cc1cnc[nH]1. The first-order valence-electron chi connectivity index (χ1n) is 19.7. The van der Waals surface area contributed by atoms with Gasteiger partial charge in [0, 0.05) is 37.9 Å². The Labute approximate surface area is 279 Å². The van der Waals surface area contributed by atoms with Crippen molar-refractivity contribution < 1.29 is 9.53 Å². The normalized spacial score (nSPS) is 12.4. The number of hydrogen-bond donors (Lipinski definition) is 2. The summed E-state index contributed by atoms with van der Waals surface area (Å²) in [6.07, 6.45) is 38.7. The molecule has 1 aromatic rings. The number of ketones is 1. The molecule has 0 aliphatic rings. The Morgan fingerprint density at radius 2 is 1.11 bits per heavy atom. The molecule has 1 unspecified atom stereocenters. The van der Waals surface area contributed by atoms with E-state index in [0.29, 0.717) is 19.4 Å². The van der Waals surface area contributed by atoms with Crippen molar-refractivity contribution in [3.05, 3.63) is 18.2 Å². The van der Waals surface area contributed by atoms with Crippen LogP contribution in [0.3, 0.4) is 0 Å². The Morgan fingerprint density at radius 1 is 0.667 bits per heavy atom. The topological polar surface area (TPSA) is 84.2 Å². The van der Waals surface area contributed by atoms with Gasteiger partial charge in [0.05, 0.1) is 19.0 Å². The second kappa shape index (κ2) is 32.7. The molecule has 1 heterocycles. The van der Waals surface area contributed by atoms with Crippen LogP contribution in [0.4, 0.5) is 0 Å². The lowest BCUT2D eigenvalue weighted by Crippen LogP contribution is -2.33. The summed E-state index contributed by atoms with van der Waals surface area (Å²) in [7, 11) is 0. The van der Waals surface area contributed by atoms with Gasteiger partial charge in [0.15, 0.2) is 0 Å². The Hall–Kier alpha value is -1.24.